The summed E-state index contributed by atoms with van der Waals surface area (Å²) in [5.41, 5.74) is 2.36. The molecule has 1 aromatic rings. The first-order chi connectivity index (χ1) is 8.70. The second kappa shape index (κ2) is 6.05. The molecule has 0 radical (unpaired) electrons. The minimum Gasteiger partial charge on any atom is -0.384 e. The molecule has 0 amide bonds. The van der Waals surface area contributed by atoms with Gasteiger partial charge < -0.3 is 15.1 Å². The molecule has 2 rings (SSSR count). The topological polar surface area (TPSA) is 31.4 Å². The van der Waals surface area contributed by atoms with Gasteiger partial charge in [0.1, 0.15) is 0 Å². The maximum Gasteiger partial charge on any atom is 0.0574 e. The fourth-order valence-corrected chi connectivity index (χ4v) is 2.25. The number of likely N-dealkylation sites (N-methyl/N-ethyl adjacent to an activating group) is 1. The van der Waals surface area contributed by atoms with Gasteiger partial charge >= 0.3 is 0 Å². The summed E-state index contributed by atoms with van der Waals surface area (Å²) in [5, 5.41) is 3.39. The summed E-state index contributed by atoms with van der Waals surface area (Å²) in [6.07, 6.45) is 5.00. The first kappa shape index (κ1) is 13.1. The predicted molar refractivity (Wildman–Crippen MR) is 77.3 cm³/mol. The molecule has 0 saturated carbocycles. The molecule has 1 aromatic heterocycles. The van der Waals surface area contributed by atoms with E-state index in [4.69, 9.17) is 0 Å². The predicted octanol–water partition coefficient (Wildman–Crippen LogP) is 2.04. The van der Waals surface area contributed by atoms with Gasteiger partial charge in [-0.05, 0) is 26.5 Å². The minimum absolute atomic E-state index is 0.603. The fourth-order valence-electron chi connectivity index (χ4n) is 2.25. The van der Waals surface area contributed by atoms with Crippen LogP contribution >= 0.6 is 0 Å². The monoisotopic (exact) mass is 248 g/mol. The standard InChI is InChI=1S/C14H24N4/c1-4-5-16-13-8-14(10-15-9-13)18-7-6-17(3)12(2)11-18/h8-10,12,16H,4-7,11H2,1-3H3. The normalized spacial score (nSPS) is 21.1. The summed E-state index contributed by atoms with van der Waals surface area (Å²) < 4.78 is 0. The van der Waals surface area contributed by atoms with Crippen LogP contribution in [-0.4, -0.2) is 49.2 Å². The van der Waals surface area contributed by atoms with Gasteiger partial charge in [-0.1, -0.05) is 6.92 Å². The van der Waals surface area contributed by atoms with Crippen molar-refractivity contribution < 1.29 is 0 Å². The highest BCUT2D eigenvalue weighted by Crippen LogP contribution is 2.20. The zero-order valence-electron chi connectivity index (χ0n) is 11.7. The number of hydrogen-bond acceptors (Lipinski definition) is 4. The van der Waals surface area contributed by atoms with Crippen molar-refractivity contribution in [3.05, 3.63) is 18.5 Å². The lowest BCUT2D eigenvalue weighted by atomic mass is 10.2. The van der Waals surface area contributed by atoms with Gasteiger partial charge in [-0.3, -0.25) is 4.98 Å². The lowest BCUT2D eigenvalue weighted by molar-refractivity contribution is 0.234. The average Bonchev–Trinajstić information content (AvgIpc) is 2.40. The van der Waals surface area contributed by atoms with Gasteiger partial charge in [-0.25, -0.2) is 0 Å². The molecule has 1 fully saturated rings. The van der Waals surface area contributed by atoms with E-state index in [2.05, 4.69) is 47.1 Å². The van der Waals surface area contributed by atoms with Crippen molar-refractivity contribution >= 4 is 11.4 Å². The van der Waals surface area contributed by atoms with Crippen LogP contribution in [0, 0.1) is 0 Å². The smallest absolute Gasteiger partial charge is 0.0574 e. The third-order valence-electron chi connectivity index (χ3n) is 3.63. The van der Waals surface area contributed by atoms with Crippen LogP contribution in [0.2, 0.25) is 0 Å². The van der Waals surface area contributed by atoms with Gasteiger partial charge in [-0.2, -0.15) is 0 Å². The second-order valence-electron chi connectivity index (χ2n) is 5.13. The van der Waals surface area contributed by atoms with E-state index in [0.717, 1.165) is 38.3 Å². The molecule has 1 saturated heterocycles. The molecular weight excluding hydrogens is 224 g/mol. The molecule has 1 N–H and O–H groups in total. The molecule has 4 nitrogen and oxygen atoms in total. The van der Waals surface area contributed by atoms with Crippen molar-refractivity contribution in [2.45, 2.75) is 26.3 Å². The number of piperazine rings is 1. The Morgan fingerprint density at radius 3 is 2.94 bits per heavy atom. The summed E-state index contributed by atoms with van der Waals surface area (Å²) in [5.74, 6) is 0. The Balaban J connectivity index is 2.04. The van der Waals surface area contributed by atoms with Gasteiger partial charge in [-0.15, -0.1) is 0 Å². The quantitative estimate of drug-likeness (QED) is 0.883. The number of pyridine rings is 1. The summed E-state index contributed by atoms with van der Waals surface area (Å²) in [7, 11) is 2.19. The Bertz CT molecular complexity index is 380. The van der Waals surface area contributed by atoms with E-state index in [1.807, 2.05) is 12.4 Å². The van der Waals surface area contributed by atoms with Crippen molar-refractivity contribution in [3.63, 3.8) is 0 Å². The first-order valence-corrected chi connectivity index (χ1v) is 6.85. The molecule has 0 spiro atoms. The van der Waals surface area contributed by atoms with E-state index >= 15 is 0 Å². The van der Waals surface area contributed by atoms with Crippen molar-refractivity contribution in [2.24, 2.45) is 0 Å². The van der Waals surface area contributed by atoms with E-state index in [1.54, 1.807) is 0 Å². The minimum atomic E-state index is 0.603. The van der Waals surface area contributed by atoms with Crippen molar-refractivity contribution in [1.82, 2.24) is 9.88 Å². The maximum absolute atomic E-state index is 4.34. The molecule has 18 heavy (non-hydrogen) atoms. The highest BCUT2D eigenvalue weighted by atomic mass is 15.3. The Hall–Kier alpha value is -1.29. The Morgan fingerprint density at radius 1 is 1.39 bits per heavy atom. The lowest BCUT2D eigenvalue weighted by Gasteiger charge is -2.38. The van der Waals surface area contributed by atoms with Gasteiger partial charge in [0.05, 0.1) is 23.8 Å². The van der Waals surface area contributed by atoms with Gasteiger partial charge in [0, 0.05) is 32.2 Å². The number of nitrogens with zero attached hydrogens (tertiary/aromatic N) is 3. The molecule has 0 aliphatic carbocycles. The number of hydrogen-bond donors (Lipinski definition) is 1. The zero-order valence-corrected chi connectivity index (χ0v) is 11.7. The molecular formula is C14H24N4. The highest BCUT2D eigenvalue weighted by molar-refractivity contribution is 5.55. The van der Waals surface area contributed by atoms with Crippen LogP contribution in [0.15, 0.2) is 18.5 Å². The van der Waals surface area contributed by atoms with E-state index in [9.17, 15) is 0 Å². The Kier molecular flexibility index (Phi) is 4.42. The third kappa shape index (κ3) is 3.13. The van der Waals surface area contributed by atoms with E-state index in [1.165, 1.54) is 5.69 Å². The lowest BCUT2D eigenvalue weighted by Crippen LogP contribution is -2.50. The summed E-state index contributed by atoms with van der Waals surface area (Å²) in [4.78, 5) is 9.17. The summed E-state index contributed by atoms with van der Waals surface area (Å²) >= 11 is 0. The SMILES string of the molecule is CCCNc1cncc(N2CCN(C)C(C)C2)c1. The number of aromatic nitrogens is 1. The van der Waals surface area contributed by atoms with Crippen LogP contribution in [0.3, 0.4) is 0 Å². The molecule has 4 heteroatoms. The van der Waals surface area contributed by atoms with Crippen LogP contribution in [0.25, 0.3) is 0 Å². The molecule has 1 aliphatic rings. The van der Waals surface area contributed by atoms with Gasteiger partial charge in [0.15, 0.2) is 0 Å². The number of anilines is 2. The highest BCUT2D eigenvalue weighted by Gasteiger charge is 2.20. The molecule has 2 heterocycles. The molecule has 1 unspecified atom stereocenters. The molecule has 0 aromatic carbocycles. The van der Waals surface area contributed by atoms with Crippen molar-refractivity contribution in [3.8, 4) is 0 Å². The van der Waals surface area contributed by atoms with Crippen LogP contribution in [0.1, 0.15) is 20.3 Å². The Morgan fingerprint density at radius 2 is 2.22 bits per heavy atom. The first-order valence-electron chi connectivity index (χ1n) is 6.85. The van der Waals surface area contributed by atoms with Crippen molar-refractivity contribution in [2.75, 3.05) is 43.4 Å². The largest absolute Gasteiger partial charge is 0.384 e. The van der Waals surface area contributed by atoms with E-state index < -0.39 is 0 Å². The molecule has 1 aliphatic heterocycles. The average molecular weight is 248 g/mol. The van der Waals surface area contributed by atoms with Crippen molar-refractivity contribution in [1.29, 1.82) is 0 Å². The third-order valence-corrected chi connectivity index (χ3v) is 3.63. The van der Waals surface area contributed by atoms with Crippen LogP contribution in [-0.2, 0) is 0 Å². The summed E-state index contributed by atoms with van der Waals surface area (Å²) in [6, 6.07) is 2.81. The summed E-state index contributed by atoms with van der Waals surface area (Å²) in [6.45, 7) is 8.73. The van der Waals surface area contributed by atoms with E-state index in [0.29, 0.717) is 6.04 Å². The van der Waals surface area contributed by atoms with Crippen LogP contribution in [0.5, 0.6) is 0 Å². The van der Waals surface area contributed by atoms with E-state index in [-0.39, 0.29) is 0 Å². The number of rotatable bonds is 4. The maximum atomic E-state index is 4.34. The number of nitrogens with one attached hydrogen (secondary N) is 1. The van der Waals surface area contributed by atoms with Gasteiger partial charge in [0.25, 0.3) is 0 Å². The molecule has 1 atom stereocenters. The molecule has 100 valence electrons. The second-order valence-corrected chi connectivity index (χ2v) is 5.13. The zero-order chi connectivity index (χ0) is 13.0. The van der Waals surface area contributed by atoms with Crippen LogP contribution < -0.4 is 10.2 Å². The van der Waals surface area contributed by atoms with Gasteiger partial charge in [0.2, 0.25) is 0 Å². The van der Waals surface area contributed by atoms with Crippen LogP contribution in [0.4, 0.5) is 11.4 Å². The fraction of sp³-hybridized carbons (Fsp3) is 0.643. The molecule has 0 bridgehead atoms. The Labute approximate surface area is 110 Å².